The van der Waals surface area contributed by atoms with Crippen LogP contribution in [0, 0.1) is 0 Å². The Bertz CT molecular complexity index is 1180. The molecule has 0 saturated carbocycles. The average Bonchev–Trinajstić information content (AvgIpc) is 3.40. The summed E-state index contributed by atoms with van der Waals surface area (Å²) in [7, 11) is -3.64. The molecule has 1 aromatic heterocycles. The van der Waals surface area contributed by atoms with Crippen LogP contribution in [0.25, 0.3) is 6.08 Å². The number of hydrogen-bond acceptors (Lipinski definition) is 5. The molecule has 178 valence electrons. The van der Waals surface area contributed by atoms with Gasteiger partial charge in [0.2, 0.25) is 15.9 Å². The van der Waals surface area contributed by atoms with Crippen molar-refractivity contribution in [1.29, 1.82) is 0 Å². The first-order chi connectivity index (χ1) is 16.5. The van der Waals surface area contributed by atoms with Gasteiger partial charge in [-0.1, -0.05) is 42.5 Å². The molecule has 4 rings (SSSR count). The first kappa shape index (κ1) is 23.9. The largest absolute Gasteiger partial charge is 0.468 e. The molecular weight excluding hydrogens is 450 g/mol. The van der Waals surface area contributed by atoms with Crippen molar-refractivity contribution in [3.63, 3.8) is 0 Å². The summed E-state index contributed by atoms with van der Waals surface area (Å²) in [6.07, 6.45) is 5.78. The van der Waals surface area contributed by atoms with Gasteiger partial charge < -0.3 is 9.32 Å². The van der Waals surface area contributed by atoms with Crippen LogP contribution in [0.5, 0.6) is 0 Å². The fraction of sp³-hybridized carbons (Fsp3) is 0.269. The number of benzene rings is 2. The first-order valence-corrected chi connectivity index (χ1v) is 12.8. The topological polar surface area (TPSA) is 82.9 Å². The van der Waals surface area contributed by atoms with E-state index in [0.29, 0.717) is 18.8 Å². The molecule has 0 atom stereocenters. The molecule has 0 spiro atoms. The second-order valence-electron chi connectivity index (χ2n) is 8.21. The summed E-state index contributed by atoms with van der Waals surface area (Å²) in [4.78, 5) is 17.0. The predicted molar refractivity (Wildman–Crippen MR) is 131 cm³/mol. The Kier molecular flexibility index (Phi) is 7.95. The summed E-state index contributed by atoms with van der Waals surface area (Å²) in [5, 5.41) is 0. The molecule has 1 aliphatic rings. The van der Waals surface area contributed by atoms with Crippen LogP contribution < -0.4 is 4.72 Å². The molecule has 2 heterocycles. The fourth-order valence-corrected chi connectivity index (χ4v) is 4.81. The Labute approximate surface area is 200 Å². The summed E-state index contributed by atoms with van der Waals surface area (Å²) in [6.45, 7) is 4.22. The van der Waals surface area contributed by atoms with Crippen LogP contribution in [-0.2, 0) is 27.8 Å². The van der Waals surface area contributed by atoms with Crippen molar-refractivity contribution in [2.75, 3.05) is 32.7 Å². The molecule has 1 N–H and O–H groups in total. The van der Waals surface area contributed by atoms with Crippen LogP contribution in [-0.4, -0.2) is 56.8 Å². The van der Waals surface area contributed by atoms with Gasteiger partial charge in [-0.25, -0.2) is 13.1 Å². The number of nitrogens with one attached hydrogen (secondary N) is 1. The van der Waals surface area contributed by atoms with Gasteiger partial charge in [0.25, 0.3) is 0 Å². The molecule has 3 aromatic rings. The summed E-state index contributed by atoms with van der Waals surface area (Å²) < 4.78 is 32.5. The van der Waals surface area contributed by atoms with Crippen molar-refractivity contribution in [3.05, 3.63) is 96.0 Å². The lowest BCUT2D eigenvalue weighted by Gasteiger charge is -2.34. The number of sulfonamides is 1. The Hall–Kier alpha value is -3.20. The van der Waals surface area contributed by atoms with Crippen LogP contribution >= 0.6 is 0 Å². The van der Waals surface area contributed by atoms with E-state index in [0.717, 1.165) is 31.6 Å². The Morgan fingerprint density at radius 3 is 2.35 bits per heavy atom. The van der Waals surface area contributed by atoms with E-state index in [9.17, 15) is 13.2 Å². The van der Waals surface area contributed by atoms with Gasteiger partial charge in [-0.05, 0) is 47.9 Å². The van der Waals surface area contributed by atoms with E-state index < -0.39 is 10.0 Å². The normalized spacial score (nSPS) is 15.1. The molecular formula is C26H29N3O4S. The number of nitrogens with zero attached hydrogens (tertiary/aromatic N) is 2. The lowest BCUT2D eigenvalue weighted by atomic mass is 10.1. The third-order valence-electron chi connectivity index (χ3n) is 5.87. The van der Waals surface area contributed by atoms with Crippen molar-refractivity contribution in [2.24, 2.45) is 0 Å². The minimum atomic E-state index is -3.64. The van der Waals surface area contributed by atoms with Crippen LogP contribution in [0.4, 0.5) is 0 Å². The highest BCUT2D eigenvalue weighted by Gasteiger charge is 2.19. The number of carbonyl (C=O) groups is 1. The highest BCUT2D eigenvalue weighted by molar-refractivity contribution is 7.89. The Morgan fingerprint density at radius 1 is 0.941 bits per heavy atom. The van der Waals surface area contributed by atoms with Gasteiger partial charge in [-0.3, -0.25) is 9.69 Å². The molecule has 0 radical (unpaired) electrons. The van der Waals surface area contributed by atoms with Crippen molar-refractivity contribution >= 4 is 22.0 Å². The van der Waals surface area contributed by atoms with E-state index in [1.54, 1.807) is 36.4 Å². The SMILES string of the molecule is O=C(/C=C/c1ccc(S(=O)(=O)NCc2ccco2)cc1)N1CCN(CCc2ccccc2)CC1. The maximum atomic E-state index is 12.6. The van der Waals surface area contributed by atoms with Gasteiger partial charge in [0, 0.05) is 38.8 Å². The summed E-state index contributed by atoms with van der Waals surface area (Å²) in [6, 6.07) is 20.3. The predicted octanol–water partition coefficient (Wildman–Crippen LogP) is 3.16. The van der Waals surface area contributed by atoms with E-state index in [2.05, 4.69) is 33.9 Å². The van der Waals surface area contributed by atoms with Gasteiger partial charge in [0.1, 0.15) is 5.76 Å². The monoisotopic (exact) mass is 479 g/mol. The van der Waals surface area contributed by atoms with Crippen molar-refractivity contribution < 1.29 is 17.6 Å². The zero-order chi connectivity index (χ0) is 23.8. The van der Waals surface area contributed by atoms with Crippen molar-refractivity contribution in [1.82, 2.24) is 14.5 Å². The van der Waals surface area contributed by atoms with E-state index in [4.69, 9.17) is 4.42 Å². The maximum absolute atomic E-state index is 12.6. The van der Waals surface area contributed by atoms with Gasteiger partial charge in [0.15, 0.2) is 0 Å². The van der Waals surface area contributed by atoms with Gasteiger partial charge >= 0.3 is 0 Å². The molecule has 1 fully saturated rings. The van der Waals surface area contributed by atoms with Crippen molar-refractivity contribution in [2.45, 2.75) is 17.9 Å². The van der Waals surface area contributed by atoms with Crippen LogP contribution in [0.2, 0.25) is 0 Å². The third-order valence-corrected chi connectivity index (χ3v) is 7.29. The third kappa shape index (κ3) is 6.66. The molecule has 0 bridgehead atoms. The molecule has 34 heavy (non-hydrogen) atoms. The van der Waals surface area contributed by atoms with Gasteiger partial charge in [-0.15, -0.1) is 0 Å². The van der Waals surface area contributed by atoms with E-state index in [1.165, 1.54) is 24.0 Å². The van der Waals surface area contributed by atoms with E-state index in [1.807, 2.05) is 11.0 Å². The molecule has 0 unspecified atom stereocenters. The highest BCUT2D eigenvalue weighted by Crippen LogP contribution is 2.13. The zero-order valence-corrected chi connectivity index (χ0v) is 19.8. The molecule has 8 heteroatoms. The van der Waals surface area contributed by atoms with Gasteiger partial charge in [0.05, 0.1) is 17.7 Å². The van der Waals surface area contributed by atoms with E-state index in [-0.39, 0.29) is 17.3 Å². The fourth-order valence-electron chi connectivity index (χ4n) is 3.82. The Balaban J connectivity index is 1.23. The Morgan fingerprint density at radius 2 is 1.68 bits per heavy atom. The van der Waals surface area contributed by atoms with Crippen LogP contribution in [0.1, 0.15) is 16.9 Å². The minimum absolute atomic E-state index is 0.0282. The summed E-state index contributed by atoms with van der Waals surface area (Å²) >= 11 is 0. The lowest BCUT2D eigenvalue weighted by molar-refractivity contribution is -0.127. The summed E-state index contributed by atoms with van der Waals surface area (Å²) in [5.41, 5.74) is 2.09. The number of amides is 1. The van der Waals surface area contributed by atoms with E-state index >= 15 is 0 Å². The van der Waals surface area contributed by atoms with Gasteiger partial charge in [-0.2, -0.15) is 0 Å². The molecule has 1 saturated heterocycles. The highest BCUT2D eigenvalue weighted by atomic mass is 32.2. The molecule has 1 aliphatic heterocycles. The zero-order valence-electron chi connectivity index (χ0n) is 19.0. The van der Waals surface area contributed by atoms with Crippen LogP contribution in [0.3, 0.4) is 0 Å². The number of carbonyl (C=O) groups excluding carboxylic acids is 1. The number of furan rings is 1. The van der Waals surface area contributed by atoms with Crippen molar-refractivity contribution in [3.8, 4) is 0 Å². The molecule has 7 nitrogen and oxygen atoms in total. The lowest BCUT2D eigenvalue weighted by Crippen LogP contribution is -2.48. The number of piperazine rings is 1. The summed E-state index contributed by atoms with van der Waals surface area (Å²) in [5.74, 6) is 0.512. The average molecular weight is 480 g/mol. The second-order valence-corrected chi connectivity index (χ2v) is 9.98. The molecule has 2 aromatic carbocycles. The molecule has 1 amide bonds. The maximum Gasteiger partial charge on any atom is 0.246 e. The first-order valence-electron chi connectivity index (χ1n) is 11.3. The van der Waals surface area contributed by atoms with Crippen LogP contribution in [0.15, 0.2) is 88.4 Å². The second kappa shape index (κ2) is 11.3. The number of rotatable bonds is 9. The standard InChI is InChI=1S/C26H29N3O4S/c30-26(29-18-16-28(17-19-29)15-14-22-5-2-1-3-6-22)13-10-23-8-11-25(12-9-23)34(31,32)27-21-24-7-4-20-33-24/h1-13,20,27H,14-19,21H2/b13-10+. The quantitative estimate of drug-likeness (QED) is 0.477. The number of hydrogen-bond donors (Lipinski definition) is 1. The smallest absolute Gasteiger partial charge is 0.246 e. The minimum Gasteiger partial charge on any atom is -0.468 e. The molecule has 0 aliphatic carbocycles.